The molecule has 2 heterocycles. The molecule has 0 spiro atoms. The van der Waals surface area contributed by atoms with Gasteiger partial charge in [0.2, 0.25) is 0 Å². The second kappa shape index (κ2) is 6.15. The second-order valence-electron chi connectivity index (χ2n) is 5.70. The minimum absolute atomic E-state index is 0.650. The normalized spacial score (nSPS) is 12.6. The van der Waals surface area contributed by atoms with Crippen molar-refractivity contribution in [2.24, 2.45) is 0 Å². The minimum atomic E-state index is -0.773. The minimum Gasteiger partial charge on any atom is -0.369 e. The van der Waals surface area contributed by atoms with Crippen LogP contribution in [-0.2, 0) is 6.54 Å². The highest BCUT2D eigenvalue weighted by atomic mass is 35.5. The van der Waals surface area contributed by atoms with Crippen LogP contribution >= 0.6 is 11.6 Å². The lowest BCUT2D eigenvalue weighted by atomic mass is 10.1. The molecule has 0 radical (unpaired) electrons. The Hall–Kier alpha value is -2.56. The Morgan fingerprint density at radius 3 is 2.67 bits per heavy atom. The summed E-state index contributed by atoms with van der Waals surface area (Å²) in [6.07, 6.45) is 6.24. The summed E-state index contributed by atoms with van der Waals surface area (Å²) in [5.74, 6) is 0. The van der Waals surface area contributed by atoms with E-state index >= 15 is 0 Å². The molecule has 0 fully saturated rings. The van der Waals surface area contributed by atoms with Crippen LogP contribution in [0.2, 0.25) is 5.02 Å². The maximum atomic E-state index is 10.7. The van der Waals surface area contributed by atoms with E-state index in [4.69, 9.17) is 11.6 Å². The molecular formula is C19H16ClN3O. The lowest BCUT2D eigenvalue weighted by Crippen LogP contribution is -2.07. The van der Waals surface area contributed by atoms with Gasteiger partial charge in [-0.1, -0.05) is 48.0 Å². The summed E-state index contributed by atoms with van der Waals surface area (Å²) in [7, 11) is 0. The van der Waals surface area contributed by atoms with Crippen molar-refractivity contribution in [1.29, 1.82) is 0 Å². The van der Waals surface area contributed by atoms with Gasteiger partial charge in [0.05, 0.1) is 6.33 Å². The molecule has 0 aliphatic rings. The van der Waals surface area contributed by atoms with Gasteiger partial charge in [-0.15, -0.1) is 0 Å². The van der Waals surface area contributed by atoms with Crippen LogP contribution in [-0.4, -0.2) is 19.2 Å². The van der Waals surface area contributed by atoms with Crippen molar-refractivity contribution in [3.8, 4) is 0 Å². The Morgan fingerprint density at radius 1 is 1.08 bits per heavy atom. The topological polar surface area (TPSA) is 43.0 Å². The van der Waals surface area contributed by atoms with E-state index in [1.54, 1.807) is 23.3 Å². The van der Waals surface area contributed by atoms with Crippen LogP contribution in [0, 0.1) is 0 Å². The number of aromatic nitrogens is 3. The molecule has 0 bridgehead atoms. The summed E-state index contributed by atoms with van der Waals surface area (Å²) in [6, 6.07) is 15.9. The summed E-state index contributed by atoms with van der Waals surface area (Å²) in [5.41, 5.74) is 2.95. The van der Waals surface area contributed by atoms with Crippen LogP contribution in [0.15, 0.2) is 73.4 Å². The highest BCUT2D eigenvalue weighted by Gasteiger charge is 2.17. The zero-order valence-corrected chi connectivity index (χ0v) is 13.6. The zero-order chi connectivity index (χ0) is 16.5. The van der Waals surface area contributed by atoms with Crippen molar-refractivity contribution in [3.05, 3.63) is 89.6 Å². The molecule has 1 unspecified atom stereocenters. The summed E-state index contributed by atoms with van der Waals surface area (Å²) in [4.78, 5) is 4.01. The average Bonchev–Trinajstić information content (AvgIpc) is 3.25. The third-order valence-electron chi connectivity index (χ3n) is 4.20. The van der Waals surface area contributed by atoms with E-state index in [9.17, 15) is 5.11 Å². The number of aliphatic hydroxyl groups excluding tert-OH is 1. The molecule has 5 heteroatoms. The van der Waals surface area contributed by atoms with Crippen LogP contribution in [0.5, 0.6) is 0 Å². The van der Waals surface area contributed by atoms with Gasteiger partial charge in [0, 0.05) is 46.6 Å². The monoisotopic (exact) mass is 337 g/mol. The van der Waals surface area contributed by atoms with Crippen molar-refractivity contribution >= 4 is 22.5 Å². The Labute approximate surface area is 144 Å². The highest BCUT2D eigenvalue weighted by Crippen LogP contribution is 2.29. The summed E-state index contributed by atoms with van der Waals surface area (Å²) < 4.78 is 3.80. The molecule has 4 rings (SSSR count). The predicted molar refractivity (Wildman–Crippen MR) is 95.1 cm³/mol. The number of imidazole rings is 1. The van der Waals surface area contributed by atoms with E-state index in [-0.39, 0.29) is 0 Å². The van der Waals surface area contributed by atoms with Gasteiger partial charge in [-0.25, -0.2) is 4.98 Å². The Kier molecular flexibility index (Phi) is 3.84. The first-order valence-electron chi connectivity index (χ1n) is 7.71. The molecule has 24 heavy (non-hydrogen) atoms. The summed E-state index contributed by atoms with van der Waals surface area (Å²) in [5, 5.41) is 12.5. The molecule has 0 saturated heterocycles. The first-order chi connectivity index (χ1) is 11.7. The van der Waals surface area contributed by atoms with Crippen LogP contribution in [0.25, 0.3) is 10.9 Å². The maximum Gasteiger partial charge on any atom is 0.159 e. The summed E-state index contributed by atoms with van der Waals surface area (Å²) in [6.45, 7) is 0.650. The van der Waals surface area contributed by atoms with Gasteiger partial charge in [-0.3, -0.25) is 0 Å². The fourth-order valence-electron chi connectivity index (χ4n) is 3.00. The average molecular weight is 338 g/mol. The number of halogens is 1. The van der Waals surface area contributed by atoms with Crippen LogP contribution in [0.1, 0.15) is 17.4 Å². The van der Waals surface area contributed by atoms with Crippen molar-refractivity contribution < 1.29 is 5.11 Å². The second-order valence-corrected chi connectivity index (χ2v) is 6.11. The largest absolute Gasteiger partial charge is 0.369 e. The fraction of sp³-hybridized carbons (Fsp3) is 0.105. The number of hydrogen-bond acceptors (Lipinski definition) is 2. The van der Waals surface area contributed by atoms with E-state index in [1.807, 2.05) is 48.7 Å². The van der Waals surface area contributed by atoms with Gasteiger partial charge in [0.15, 0.2) is 6.23 Å². The lowest BCUT2D eigenvalue weighted by Gasteiger charge is -2.10. The van der Waals surface area contributed by atoms with Crippen molar-refractivity contribution in [2.45, 2.75) is 12.8 Å². The molecule has 0 aliphatic heterocycles. The maximum absolute atomic E-state index is 10.7. The quantitative estimate of drug-likeness (QED) is 0.609. The van der Waals surface area contributed by atoms with Crippen LogP contribution in [0.4, 0.5) is 0 Å². The van der Waals surface area contributed by atoms with Gasteiger partial charge in [0.1, 0.15) is 0 Å². The molecular weight excluding hydrogens is 322 g/mol. The molecule has 120 valence electrons. The Balaban J connectivity index is 1.81. The lowest BCUT2D eigenvalue weighted by molar-refractivity contribution is 0.147. The molecule has 0 aliphatic carbocycles. The van der Waals surface area contributed by atoms with E-state index in [0.29, 0.717) is 6.54 Å². The van der Waals surface area contributed by atoms with Crippen molar-refractivity contribution in [3.63, 3.8) is 0 Å². The van der Waals surface area contributed by atoms with E-state index in [1.165, 1.54) is 0 Å². The van der Waals surface area contributed by atoms with Crippen molar-refractivity contribution in [1.82, 2.24) is 14.1 Å². The molecule has 2 aromatic heterocycles. The molecule has 0 amide bonds. The number of fused-ring (bicyclic) bond motifs is 1. The van der Waals surface area contributed by atoms with Gasteiger partial charge in [-0.2, -0.15) is 0 Å². The molecule has 4 nitrogen and oxygen atoms in total. The number of nitrogens with zero attached hydrogens (tertiary/aromatic N) is 3. The van der Waals surface area contributed by atoms with Gasteiger partial charge in [0.25, 0.3) is 0 Å². The summed E-state index contributed by atoms with van der Waals surface area (Å²) >= 11 is 6.30. The zero-order valence-electron chi connectivity index (χ0n) is 12.9. The molecule has 1 atom stereocenters. The number of hydrogen-bond donors (Lipinski definition) is 1. The van der Waals surface area contributed by atoms with Gasteiger partial charge >= 0.3 is 0 Å². The molecule has 4 aromatic rings. The van der Waals surface area contributed by atoms with Gasteiger partial charge < -0.3 is 14.2 Å². The van der Waals surface area contributed by atoms with Crippen molar-refractivity contribution in [2.75, 3.05) is 0 Å². The SMILES string of the molecule is OC(c1cn(Cc2ccccc2Cl)c2ccccc12)n1ccnc1. The standard InChI is InChI=1S/C19H16ClN3O/c20-17-7-3-1-5-14(17)11-23-12-16(15-6-2-4-8-18(15)23)19(24)22-10-9-21-13-22/h1-10,12-13,19,24H,11H2. The molecule has 1 N–H and O–H groups in total. The molecule has 2 aromatic carbocycles. The third-order valence-corrected chi connectivity index (χ3v) is 4.57. The Bertz CT molecular complexity index is 975. The third kappa shape index (κ3) is 2.60. The first kappa shape index (κ1) is 15.0. The fourth-order valence-corrected chi connectivity index (χ4v) is 3.19. The van der Waals surface area contributed by atoms with E-state index in [0.717, 1.165) is 27.1 Å². The first-order valence-corrected chi connectivity index (χ1v) is 8.08. The van der Waals surface area contributed by atoms with Crippen LogP contribution < -0.4 is 0 Å². The van der Waals surface area contributed by atoms with E-state index < -0.39 is 6.23 Å². The number of para-hydroxylation sites is 1. The Morgan fingerprint density at radius 2 is 1.88 bits per heavy atom. The predicted octanol–water partition coefficient (Wildman–Crippen LogP) is 4.08. The van der Waals surface area contributed by atoms with Gasteiger partial charge in [-0.05, 0) is 17.7 Å². The van der Waals surface area contributed by atoms with E-state index in [2.05, 4.69) is 15.6 Å². The highest BCUT2D eigenvalue weighted by molar-refractivity contribution is 6.31. The van der Waals surface area contributed by atoms with Crippen LogP contribution in [0.3, 0.4) is 0 Å². The number of rotatable bonds is 4. The number of benzene rings is 2. The molecule has 0 saturated carbocycles. The smallest absolute Gasteiger partial charge is 0.159 e. The number of aliphatic hydroxyl groups is 1.